The van der Waals surface area contributed by atoms with Crippen molar-refractivity contribution in [3.63, 3.8) is 0 Å². The van der Waals surface area contributed by atoms with Crippen molar-refractivity contribution in [1.29, 1.82) is 0 Å². The third kappa shape index (κ3) is 4.03. The van der Waals surface area contributed by atoms with Crippen molar-refractivity contribution < 1.29 is 23.5 Å². The van der Waals surface area contributed by atoms with Gasteiger partial charge in [0.15, 0.2) is 0 Å². The van der Waals surface area contributed by atoms with Crippen LogP contribution in [0.15, 0.2) is 36.4 Å². The largest absolute Gasteiger partial charge is 0.450 e. The standard InChI is InChI=1S/C25H28FNO4/c1-5-16-6-7-18(15-21(16)26)17-8-9-19-20(14-17)25(30-22(19)28)10-12-27(13-11-25)23(29)31-24(2,3)4/h6-9,14-15H,5,10-13H2,1-4H3. The summed E-state index contributed by atoms with van der Waals surface area (Å²) in [7, 11) is 0. The summed E-state index contributed by atoms with van der Waals surface area (Å²) >= 11 is 0. The van der Waals surface area contributed by atoms with E-state index in [0.29, 0.717) is 43.5 Å². The number of nitrogens with zero attached hydrogens (tertiary/aromatic N) is 1. The molecule has 1 fully saturated rings. The molecule has 1 amide bonds. The summed E-state index contributed by atoms with van der Waals surface area (Å²) in [5, 5.41) is 0. The van der Waals surface area contributed by atoms with Gasteiger partial charge in [-0.25, -0.2) is 14.0 Å². The predicted molar refractivity (Wildman–Crippen MR) is 115 cm³/mol. The van der Waals surface area contributed by atoms with Gasteiger partial charge in [-0.3, -0.25) is 0 Å². The number of carbonyl (C=O) groups excluding carboxylic acids is 2. The summed E-state index contributed by atoms with van der Waals surface area (Å²) in [5.74, 6) is -0.576. The SMILES string of the molecule is CCc1ccc(-c2ccc3c(c2)C2(CCN(C(=O)OC(C)(C)C)CC2)OC3=O)cc1F. The summed E-state index contributed by atoms with van der Waals surface area (Å²) in [5.41, 5.74) is 2.32. The molecule has 2 aromatic rings. The van der Waals surface area contributed by atoms with Gasteiger partial charge in [-0.1, -0.05) is 25.1 Å². The number of fused-ring (bicyclic) bond motifs is 2. The highest BCUT2D eigenvalue weighted by Crippen LogP contribution is 2.45. The van der Waals surface area contributed by atoms with Gasteiger partial charge in [0.1, 0.15) is 17.0 Å². The minimum Gasteiger partial charge on any atom is -0.450 e. The van der Waals surface area contributed by atoms with Crippen molar-refractivity contribution in [1.82, 2.24) is 4.90 Å². The zero-order chi connectivity index (χ0) is 22.4. The first-order valence-electron chi connectivity index (χ1n) is 10.8. The van der Waals surface area contributed by atoms with E-state index >= 15 is 0 Å². The maximum atomic E-state index is 14.3. The normalized spacial score (nSPS) is 17.5. The van der Waals surface area contributed by atoms with Crippen LogP contribution in [0.2, 0.25) is 0 Å². The molecule has 31 heavy (non-hydrogen) atoms. The van der Waals surface area contributed by atoms with Crippen LogP contribution >= 0.6 is 0 Å². The molecule has 0 N–H and O–H groups in total. The molecule has 5 nitrogen and oxygen atoms in total. The zero-order valence-corrected chi connectivity index (χ0v) is 18.5. The third-order valence-electron chi connectivity index (χ3n) is 6.01. The van der Waals surface area contributed by atoms with Crippen LogP contribution in [0.25, 0.3) is 11.1 Å². The molecule has 0 unspecified atom stereocenters. The highest BCUT2D eigenvalue weighted by Gasteiger charge is 2.48. The van der Waals surface area contributed by atoms with Crippen LogP contribution < -0.4 is 0 Å². The van der Waals surface area contributed by atoms with Crippen LogP contribution in [0.4, 0.5) is 9.18 Å². The van der Waals surface area contributed by atoms with E-state index in [1.807, 2.05) is 45.9 Å². The van der Waals surface area contributed by atoms with E-state index in [4.69, 9.17) is 9.47 Å². The molecule has 6 heteroatoms. The molecule has 0 aliphatic carbocycles. The minimum absolute atomic E-state index is 0.229. The van der Waals surface area contributed by atoms with Gasteiger partial charge >= 0.3 is 12.1 Å². The number of carbonyl (C=O) groups is 2. The lowest BCUT2D eigenvalue weighted by Crippen LogP contribution is -2.47. The van der Waals surface area contributed by atoms with Crippen LogP contribution in [-0.2, 0) is 21.5 Å². The van der Waals surface area contributed by atoms with Crippen molar-refractivity contribution >= 4 is 12.1 Å². The van der Waals surface area contributed by atoms with Gasteiger partial charge in [-0.15, -0.1) is 0 Å². The number of halogens is 1. The van der Waals surface area contributed by atoms with E-state index in [1.165, 1.54) is 6.07 Å². The zero-order valence-electron chi connectivity index (χ0n) is 18.5. The fourth-order valence-electron chi connectivity index (χ4n) is 4.33. The van der Waals surface area contributed by atoms with Crippen molar-refractivity contribution in [2.75, 3.05) is 13.1 Å². The summed E-state index contributed by atoms with van der Waals surface area (Å²) < 4.78 is 25.6. The molecule has 164 valence electrons. The van der Waals surface area contributed by atoms with Crippen LogP contribution in [0, 0.1) is 5.82 Å². The van der Waals surface area contributed by atoms with Gasteiger partial charge in [-0.05, 0) is 62.1 Å². The van der Waals surface area contributed by atoms with Crippen molar-refractivity contribution in [3.05, 3.63) is 58.9 Å². The molecule has 2 aliphatic rings. The number of aryl methyl sites for hydroxylation is 1. The number of benzene rings is 2. The summed E-state index contributed by atoms with van der Waals surface area (Å²) in [6.45, 7) is 8.30. The van der Waals surface area contributed by atoms with Gasteiger partial charge in [0.2, 0.25) is 0 Å². The Labute approximate surface area is 182 Å². The second kappa shape index (κ2) is 7.66. The summed E-state index contributed by atoms with van der Waals surface area (Å²) in [6, 6.07) is 10.8. The number of ether oxygens (including phenoxy) is 2. The minimum atomic E-state index is -0.761. The quantitative estimate of drug-likeness (QED) is 0.600. The molecule has 4 rings (SSSR count). The molecule has 1 spiro atoms. The third-order valence-corrected chi connectivity index (χ3v) is 6.01. The molecule has 0 atom stereocenters. The van der Waals surface area contributed by atoms with Gasteiger partial charge in [0.05, 0.1) is 5.56 Å². The smallest absolute Gasteiger partial charge is 0.410 e. The van der Waals surface area contributed by atoms with Gasteiger partial charge in [0.25, 0.3) is 0 Å². The van der Waals surface area contributed by atoms with E-state index in [1.54, 1.807) is 17.0 Å². The maximum absolute atomic E-state index is 14.3. The molecule has 0 aromatic heterocycles. The number of hydrogen-bond donors (Lipinski definition) is 0. The molecular formula is C25H28FNO4. The highest BCUT2D eigenvalue weighted by atomic mass is 19.1. The molecule has 2 heterocycles. The highest BCUT2D eigenvalue weighted by molar-refractivity contribution is 5.95. The van der Waals surface area contributed by atoms with Gasteiger partial charge < -0.3 is 14.4 Å². The van der Waals surface area contributed by atoms with E-state index < -0.39 is 11.2 Å². The monoisotopic (exact) mass is 425 g/mol. The van der Waals surface area contributed by atoms with Crippen LogP contribution in [0.3, 0.4) is 0 Å². The van der Waals surface area contributed by atoms with E-state index in [9.17, 15) is 14.0 Å². The lowest BCUT2D eigenvalue weighted by molar-refractivity contribution is -0.0470. The molecule has 2 aromatic carbocycles. The van der Waals surface area contributed by atoms with E-state index in [-0.39, 0.29) is 17.9 Å². The lowest BCUT2D eigenvalue weighted by Gasteiger charge is -2.39. The van der Waals surface area contributed by atoms with Crippen LogP contribution in [0.5, 0.6) is 0 Å². The van der Waals surface area contributed by atoms with Crippen molar-refractivity contribution in [2.45, 2.75) is 58.2 Å². The fourth-order valence-corrected chi connectivity index (χ4v) is 4.33. The van der Waals surface area contributed by atoms with Gasteiger partial charge in [-0.2, -0.15) is 0 Å². The number of piperidine rings is 1. The maximum Gasteiger partial charge on any atom is 0.410 e. The Kier molecular flexibility index (Phi) is 5.28. The molecule has 0 saturated carbocycles. The Hall–Kier alpha value is -2.89. The second-order valence-electron chi connectivity index (χ2n) is 9.27. The van der Waals surface area contributed by atoms with Gasteiger partial charge in [0, 0.05) is 31.5 Å². The number of esters is 1. The van der Waals surface area contributed by atoms with Crippen LogP contribution in [-0.4, -0.2) is 35.7 Å². The first-order valence-corrected chi connectivity index (χ1v) is 10.8. The fraction of sp³-hybridized carbons (Fsp3) is 0.440. The van der Waals surface area contributed by atoms with Crippen molar-refractivity contribution in [2.24, 2.45) is 0 Å². The number of rotatable bonds is 2. The molecule has 0 bridgehead atoms. The first kappa shape index (κ1) is 21.3. The van der Waals surface area contributed by atoms with E-state index in [2.05, 4.69) is 0 Å². The Morgan fingerprint density at radius 2 is 1.77 bits per heavy atom. The Morgan fingerprint density at radius 1 is 1.13 bits per heavy atom. The van der Waals surface area contributed by atoms with Crippen molar-refractivity contribution in [3.8, 4) is 11.1 Å². The Morgan fingerprint density at radius 3 is 2.39 bits per heavy atom. The summed E-state index contributed by atoms with van der Waals surface area (Å²) in [4.78, 5) is 26.6. The molecule has 0 radical (unpaired) electrons. The molecule has 1 saturated heterocycles. The second-order valence-corrected chi connectivity index (χ2v) is 9.27. The topological polar surface area (TPSA) is 55.8 Å². The average molecular weight is 426 g/mol. The van der Waals surface area contributed by atoms with E-state index in [0.717, 1.165) is 16.7 Å². The Bertz CT molecular complexity index is 1030. The van der Waals surface area contributed by atoms with Crippen LogP contribution in [0.1, 0.15) is 62.0 Å². The average Bonchev–Trinajstić information content (AvgIpc) is 2.98. The predicted octanol–water partition coefficient (Wildman–Crippen LogP) is 5.45. The molecule has 2 aliphatic heterocycles. The number of amides is 1. The summed E-state index contributed by atoms with van der Waals surface area (Å²) in [6.07, 6.45) is 1.28. The lowest BCUT2D eigenvalue weighted by atomic mass is 9.82. The molecular weight excluding hydrogens is 397 g/mol. The Balaban J connectivity index is 1.60. The number of likely N-dealkylation sites (tertiary alicyclic amines) is 1. The number of hydrogen-bond acceptors (Lipinski definition) is 4. The first-order chi connectivity index (χ1) is 14.6.